The zero-order valence-corrected chi connectivity index (χ0v) is 26.8. The molecule has 0 saturated heterocycles. The van der Waals surface area contributed by atoms with E-state index in [4.69, 9.17) is 0 Å². The molecule has 0 radical (unpaired) electrons. The quantitative estimate of drug-likeness (QED) is 0.0704. The van der Waals surface area contributed by atoms with Crippen LogP contribution in [-0.4, -0.2) is 29.2 Å². The van der Waals surface area contributed by atoms with Crippen molar-refractivity contribution in [3.05, 3.63) is 48.6 Å². The number of carboxylic acid groups (broad SMARTS) is 1. The summed E-state index contributed by atoms with van der Waals surface area (Å²) in [6.07, 6.45) is 47.0. The highest BCUT2D eigenvalue weighted by Crippen LogP contribution is 2.11. The number of nitrogens with zero attached hydrogens (tertiary/aromatic N) is 1. The topological polar surface area (TPSA) is 40.5 Å². The minimum Gasteiger partial charge on any atom is -0.465 e. The van der Waals surface area contributed by atoms with Crippen LogP contribution in [0, 0.1) is 0 Å². The molecule has 1 N–H and O–H groups in total. The Bertz CT molecular complexity index is 586. The molecule has 0 spiro atoms. The van der Waals surface area contributed by atoms with Crippen LogP contribution in [0.4, 0.5) is 4.79 Å². The third-order valence-corrected chi connectivity index (χ3v) is 7.53. The third-order valence-electron chi connectivity index (χ3n) is 7.53. The molecule has 0 aliphatic carbocycles. The number of carbonyl (C=O) groups is 1. The second-order valence-electron chi connectivity index (χ2n) is 11.4. The SMILES string of the molecule is CCCCC/C=C\C/C=C\CCCCCCCCN(CCCCCCCC/C=C\C/C=C\CCCCC)C(=O)O. The van der Waals surface area contributed by atoms with Crippen LogP contribution in [0.15, 0.2) is 48.6 Å². The summed E-state index contributed by atoms with van der Waals surface area (Å²) in [6.45, 7) is 5.90. The van der Waals surface area contributed by atoms with E-state index in [2.05, 4.69) is 62.5 Å². The van der Waals surface area contributed by atoms with E-state index in [1.165, 1.54) is 116 Å². The number of rotatable bonds is 30. The van der Waals surface area contributed by atoms with Crippen molar-refractivity contribution >= 4 is 6.09 Å². The molecule has 0 rings (SSSR count). The Labute approximate surface area is 250 Å². The smallest absolute Gasteiger partial charge is 0.407 e. The Hall–Kier alpha value is -1.77. The summed E-state index contributed by atoms with van der Waals surface area (Å²) < 4.78 is 0. The summed E-state index contributed by atoms with van der Waals surface area (Å²) in [6, 6.07) is 0. The summed E-state index contributed by atoms with van der Waals surface area (Å²) >= 11 is 0. The van der Waals surface area contributed by atoms with Crippen LogP contribution in [0.25, 0.3) is 0 Å². The van der Waals surface area contributed by atoms with Gasteiger partial charge in [0.05, 0.1) is 0 Å². The van der Waals surface area contributed by atoms with Gasteiger partial charge in [0.25, 0.3) is 0 Å². The van der Waals surface area contributed by atoms with Gasteiger partial charge in [-0.3, -0.25) is 0 Å². The maximum atomic E-state index is 11.6. The first-order chi connectivity index (χ1) is 19.7. The number of amides is 1. The minimum absolute atomic E-state index is 0.699. The molecule has 0 saturated carbocycles. The number of hydrogen-bond acceptors (Lipinski definition) is 1. The lowest BCUT2D eigenvalue weighted by molar-refractivity contribution is 0.143. The molecule has 0 aromatic carbocycles. The zero-order chi connectivity index (χ0) is 29.2. The highest BCUT2D eigenvalue weighted by atomic mass is 16.4. The van der Waals surface area contributed by atoms with E-state index in [1.807, 2.05) is 0 Å². The van der Waals surface area contributed by atoms with Crippen molar-refractivity contribution in [1.29, 1.82) is 0 Å². The third kappa shape index (κ3) is 30.8. The van der Waals surface area contributed by atoms with Gasteiger partial charge in [0, 0.05) is 13.1 Å². The lowest BCUT2D eigenvalue weighted by atomic mass is 10.1. The van der Waals surface area contributed by atoms with Crippen LogP contribution in [0.5, 0.6) is 0 Å². The molecule has 0 aromatic rings. The molecule has 3 heteroatoms. The molecule has 0 atom stereocenters. The van der Waals surface area contributed by atoms with E-state index in [1.54, 1.807) is 4.90 Å². The van der Waals surface area contributed by atoms with Crippen LogP contribution in [0.2, 0.25) is 0 Å². The molecule has 0 fully saturated rings. The molecular weight excluding hydrogens is 490 g/mol. The Morgan fingerprint density at radius 2 is 0.750 bits per heavy atom. The highest BCUT2D eigenvalue weighted by Gasteiger charge is 2.10. The van der Waals surface area contributed by atoms with E-state index in [-0.39, 0.29) is 0 Å². The molecule has 1 amide bonds. The molecule has 0 unspecified atom stereocenters. The fraction of sp³-hybridized carbons (Fsp3) is 0.757. The largest absolute Gasteiger partial charge is 0.465 e. The van der Waals surface area contributed by atoms with Gasteiger partial charge in [-0.2, -0.15) is 0 Å². The second kappa shape index (κ2) is 33.4. The Kier molecular flexibility index (Phi) is 32.0. The first-order valence-corrected chi connectivity index (χ1v) is 17.3. The number of allylic oxidation sites excluding steroid dienone is 8. The maximum absolute atomic E-state index is 11.6. The normalized spacial score (nSPS) is 12.2. The molecule has 3 nitrogen and oxygen atoms in total. The summed E-state index contributed by atoms with van der Waals surface area (Å²) in [4.78, 5) is 13.2. The Balaban J connectivity index is 3.53. The molecule has 0 aromatic heterocycles. The van der Waals surface area contributed by atoms with Gasteiger partial charge < -0.3 is 10.0 Å². The zero-order valence-electron chi connectivity index (χ0n) is 26.8. The number of hydrogen-bond donors (Lipinski definition) is 1. The van der Waals surface area contributed by atoms with Crippen molar-refractivity contribution in [2.24, 2.45) is 0 Å². The Morgan fingerprint density at radius 3 is 1.07 bits per heavy atom. The van der Waals surface area contributed by atoms with Gasteiger partial charge in [-0.05, 0) is 77.0 Å². The van der Waals surface area contributed by atoms with Crippen molar-refractivity contribution in [1.82, 2.24) is 4.90 Å². The van der Waals surface area contributed by atoms with E-state index < -0.39 is 6.09 Å². The first kappa shape index (κ1) is 38.2. The van der Waals surface area contributed by atoms with Gasteiger partial charge in [0.2, 0.25) is 0 Å². The summed E-state index contributed by atoms with van der Waals surface area (Å²) in [5.41, 5.74) is 0. The van der Waals surface area contributed by atoms with Crippen LogP contribution < -0.4 is 0 Å². The predicted molar refractivity (Wildman–Crippen MR) is 178 cm³/mol. The van der Waals surface area contributed by atoms with E-state index >= 15 is 0 Å². The Morgan fingerprint density at radius 1 is 0.450 bits per heavy atom. The lowest BCUT2D eigenvalue weighted by Crippen LogP contribution is -2.31. The monoisotopic (exact) mass is 558 g/mol. The molecule has 232 valence electrons. The van der Waals surface area contributed by atoms with Crippen molar-refractivity contribution in [2.75, 3.05) is 13.1 Å². The molecule has 40 heavy (non-hydrogen) atoms. The fourth-order valence-corrected chi connectivity index (χ4v) is 4.88. The van der Waals surface area contributed by atoms with Crippen molar-refractivity contribution in [2.45, 2.75) is 168 Å². The highest BCUT2D eigenvalue weighted by molar-refractivity contribution is 5.64. The van der Waals surface area contributed by atoms with Crippen molar-refractivity contribution in [3.8, 4) is 0 Å². The van der Waals surface area contributed by atoms with Gasteiger partial charge in [0.15, 0.2) is 0 Å². The van der Waals surface area contributed by atoms with Gasteiger partial charge in [-0.1, -0.05) is 140 Å². The molecule has 0 aliphatic rings. The first-order valence-electron chi connectivity index (χ1n) is 17.3. The molecule has 0 heterocycles. The van der Waals surface area contributed by atoms with Crippen LogP contribution in [0.1, 0.15) is 168 Å². The van der Waals surface area contributed by atoms with Gasteiger partial charge in [-0.25, -0.2) is 4.79 Å². The van der Waals surface area contributed by atoms with Gasteiger partial charge >= 0.3 is 6.09 Å². The standard InChI is InChI=1S/C37H67NO2/c1-3-5-7-9-11-13-15-17-19-21-23-25-27-29-31-33-35-38(37(39)40)36-34-32-30-28-26-24-22-20-18-16-14-12-10-8-6-4-2/h11-14,17-20H,3-10,15-16,21-36H2,1-2H3,(H,39,40)/b13-11-,14-12-,19-17-,20-18-. The lowest BCUT2D eigenvalue weighted by Gasteiger charge is -2.19. The average Bonchev–Trinajstić information content (AvgIpc) is 2.95. The molecule has 0 bridgehead atoms. The van der Waals surface area contributed by atoms with Crippen LogP contribution >= 0.6 is 0 Å². The number of unbranched alkanes of at least 4 members (excludes halogenated alkanes) is 18. The van der Waals surface area contributed by atoms with E-state index in [0.29, 0.717) is 13.1 Å². The van der Waals surface area contributed by atoms with Crippen molar-refractivity contribution in [3.63, 3.8) is 0 Å². The molecule has 0 aliphatic heterocycles. The predicted octanol–water partition coefficient (Wildman–Crippen LogP) is 12.6. The summed E-state index contributed by atoms with van der Waals surface area (Å²) in [5, 5.41) is 9.53. The van der Waals surface area contributed by atoms with E-state index in [0.717, 1.165) is 38.5 Å². The van der Waals surface area contributed by atoms with Crippen LogP contribution in [-0.2, 0) is 0 Å². The second-order valence-corrected chi connectivity index (χ2v) is 11.4. The summed E-state index contributed by atoms with van der Waals surface area (Å²) in [5.74, 6) is 0. The average molecular weight is 558 g/mol. The van der Waals surface area contributed by atoms with E-state index in [9.17, 15) is 9.90 Å². The maximum Gasteiger partial charge on any atom is 0.407 e. The summed E-state index contributed by atoms with van der Waals surface area (Å²) in [7, 11) is 0. The molecular formula is C37H67NO2. The fourth-order valence-electron chi connectivity index (χ4n) is 4.88. The minimum atomic E-state index is -0.745. The van der Waals surface area contributed by atoms with Gasteiger partial charge in [0.1, 0.15) is 0 Å². The van der Waals surface area contributed by atoms with Crippen molar-refractivity contribution < 1.29 is 9.90 Å². The van der Waals surface area contributed by atoms with Gasteiger partial charge in [-0.15, -0.1) is 0 Å². The van der Waals surface area contributed by atoms with Crippen LogP contribution in [0.3, 0.4) is 0 Å².